The predicted molar refractivity (Wildman–Crippen MR) is 381 cm³/mol. The molecular weight excluding hydrogens is 1120 g/mol. The van der Waals surface area contributed by atoms with Crippen LogP contribution in [0.2, 0.25) is 0 Å². The molecule has 0 unspecified atom stereocenters. The lowest BCUT2D eigenvalue weighted by Gasteiger charge is -2.35. The Balaban J connectivity index is 0.771. The third kappa shape index (κ3) is 7.64. The van der Waals surface area contributed by atoms with Crippen LogP contribution in [0.15, 0.2) is 312 Å². The average Bonchev–Trinajstić information content (AvgIpc) is 1.56. The number of aryl methyl sites for hydroxylation is 4. The third-order valence-corrected chi connectivity index (χ3v) is 20.3. The van der Waals surface area contributed by atoms with Gasteiger partial charge in [-0.3, -0.25) is 0 Å². The zero-order valence-electron chi connectivity index (χ0n) is 51.6. The maximum atomic E-state index is 7.02. The van der Waals surface area contributed by atoms with Gasteiger partial charge in [-0.05, 0) is 200 Å². The van der Waals surface area contributed by atoms with Gasteiger partial charge < -0.3 is 18.6 Å². The first kappa shape index (κ1) is 53.6. The monoisotopic (exact) mass is 1180 g/mol. The Hall–Kier alpha value is -11.5. The molecule has 0 bridgehead atoms. The number of rotatable bonds is 10. The lowest BCUT2D eigenvalue weighted by Crippen LogP contribution is -2.28. The number of nitrogens with zero attached hydrogens (tertiary/aromatic N) is 2. The number of furan rings is 2. The van der Waals surface area contributed by atoms with Gasteiger partial charge in [-0.25, -0.2) is 0 Å². The highest BCUT2D eigenvalue weighted by molar-refractivity contribution is 6.27. The summed E-state index contributed by atoms with van der Waals surface area (Å²) in [6, 6.07) is 112. The number of para-hydroxylation sites is 2. The van der Waals surface area contributed by atoms with Gasteiger partial charge in [-0.15, -0.1) is 0 Å². The highest BCUT2D eigenvalue weighted by atomic mass is 16.3. The van der Waals surface area contributed by atoms with Gasteiger partial charge in [0.25, 0.3) is 0 Å². The molecule has 16 aromatic rings. The fourth-order valence-corrected chi connectivity index (χ4v) is 16.5. The Bertz CT molecular complexity index is 5190. The Kier molecular flexibility index (Phi) is 12.0. The first-order chi connectivity index (χ1) is 45.3. The topological polar surface area (TPSA) is 32.8 Å². The van der Waals surface area contributed by atoms with E-state index in [-0.39, 0.29) is 0 Å². The molecular formula is C88H62N2O2. The van der Waals surface area contributed by atoms with E-state index in [4.69, 9.17) is 8.83 Å². The molecule has 4 nitrogen and oxygen atoms in total. The van der Waals surface area contributed by atoms with Gasteiger partial charge in [0.05, 0.1) is 22.2 Å². The minimum Gasteiger partial charge on any atom is -0.456 e. The molecule has 0 fully saturated rings. The quantitative estimate of drug-likeness (QED) is 0.137. The van der Waals surface area contributed by atoms with Crippen molar-refractivity contribution in [3.63, 3.8) is 0 Å². The van der Waals surface area contributed by atoms with Crippen molar-refractivity contribution in [1.82, 2.24) is 0 Å². The Morgan fingerprint density at radius 2 is 0.543 bits per heavy atom. The van der Waals surface area contributed by atoms with E-state index in [0.717, 1.165) is 88.8 Å². The third-order valence-electron chi connectivity index (χ3n) is 20.3. The summed E-state index contributed by atoms with van der Waals surface area (Å²) in [7, 11) is 0. The van der Waals surface area contributed by atoms with Gasteiger partial charge in [0.15, 0.2) is 0 Å². The number of anilines is 6. The molecule has 0 radical (unpaired) electrons. The lowest BCUT2D eigenvalue weighted by atomic mass is 9.67. The van der Waals surface area contributed by atoms with Crippen molar-refractivity contribution in [2.75, 3.05) is 9.80 Å². The normalized spacial score (nSPS) is 13.4. The van der Waals surface area contributed by atoms with E-state index in [9.17, 15) is 0 Å². The van der Waals surface area contributed by atoms with Crippen molar-refractivity contribution < 1.29 is 8.83 Å². The van der Waals surface area contributed by atoms with Gasteiger partial charge in [-0.1, -0.05) is 218 Å². The van der Waals surface area contributed by atoms with E-state index >= 15 is 0 Å². The Morgan fingerprint density at radius 3 is 0.913 bits per heavy atom. The van der Waals surface area contributed by atoms with Crippen LogP contribution >= 0.6 is 0 Å². The van der Waals surface area contributed by atoms with Crippen LogP contribution in [0.25, 0.3) is 76.9 Å². The van der Waals surface area contributed by atoms with Crippen LogP contribution in [-0.2, 0) is 10.8 Å². The molecule has 2 aromatic heterocycles. The number of hydrogen-bond donors (Lipinski definition) is 0. The number of hydrogen-bond acceptors (Lipinski definition) is 4. The molecule has 0 spiro atoms. The smallest absolute Gasteiger partial charge is 0.137 e. The van der Waals surface area contributed by atoms with Crippen molar-refractivity contribution in [2.24, 2.45) is 0 Å². The molecule has 2 aliphatic rings. The molecule has 92 heavy (non-hydrogen) atoms. The predicted octanol–water partition coefficient (Wildman–Crippen LogP) is 23.5. The standard InChI is InChI=1S/C88H62N2O2/c1-55-23-19-24-56(2)85(55)89(63-33-21-31-61(51-63)87(59-27-7-5-8-28-59)75-39-15-11-35-67(75)68-36-12-16-40-76(68)87)65-43-45-73-81(53-65)91-79-49-47-72-71(83(73)79)48-50-80-84(72)74-46-44-66(54-82(74)92-80)90(86-57(3)25-20-26-58(86)4)64-34-22-32-62(52-64)88(60-29-9-6-10-30-60)77-41-17-13-37-69(77)70-38-14-18-42-78(70)88/h5-54H,1-4H3. The minimum atomic E-state index is -0.549. The van der Waals surface area contributed by atoms with Crippen LogP contribution in [-0.4, -0.2) is 0 Å². The van der Waals surface area contributed by atoms with E-state index in [1.807, 2.05) is 0 Å². The zero-order valence-corrected chi connectivity index (χ0v) is 51.6. The van der Waals surface area contributed by atoms with Gasteiger partial charge in [0.2, 0.25) is 0 Å². The van der Waals surface area contributed by atoms with Crippen molar-refractivity contribution in [3.05, 3.63) is 370 Å². The average molecular weight is 1180 g/mol. The highest BCUT2D eigenvalue weighted by Gasteiger charge is 2.48. The maximum absolute atomic E-state index is 7.02. The van der Waals surface area contributed by atoms with Gasteiger partial charge in [0, 0.05) is 56.4 Å². The van der Waals surface area contributed by atoms with Crippen LogP contribution in [0.1, 0.15) is 66.8 Å². The first-order valence-electron chi connectivity index (χ1n) is 32.0. The molecule has 0 saturated carbocycles. The number of fused-ring (bicyclic) bond motifs is 15. The summed E-state index contributed by atoms with van der Waals surface area (Å²) in [6.07, 6.45) is 0. The second kappa shape index (κ2) is 20.5. The second-order valence-corrected chi connectivity index (χ2v) is 25.2. The van der Waals surface area contributed by atoms with E-state index < -0.39 is 10.8 Å². The summed E-state index contributed by atoms with van der Waals surface area (Å²) >= 11 is 0. The van der Waals surface area contributed by atoms with Crippen molar-refractivity contribution in [3.8, 4) is 22.3 Å². The van der Waals surface area contributed by atoms with E-state index in [1.165, 1.54) is 89.0 Å². The summed E-state index contributed by atoms with van der Waals surface area (Å²) in [5, 5.41) is 6.53. The number of benzene rings is 14. The summed E-state index contributed by atoms with van der Waals surface area (Å²) < 4.78 is 14.0. The lowest BCUT2D eigenvalue weighted by molar-refractivity contribution is 0.668. The summed E-state index contributed by atoms with van der Waals surface area (Å²) in [4.78, 5) is 4.88. The minimum absolute atomic E-state index is 0.549. The molecule has 0 aliphatic heterocycles. The molecule has 14 aromatic carbocycles. The van der Waals surface area contributed by atoms with Crippen molar-refractivity contribution in [1.29, 1.82) is 0 Å². The van der Waals surface area contributed by atoms with Crippen LogP contribution in [0.4, 0.5) is 34.1 Å². The molecule has 0 atom stereocenters. The zero-order chi connectivity index (χ0) is 61.4. The van der Waals surface area contributed by atoms with Gasteiger partial charge in [-0.2, -0.15) is 0 Å². The van der Waals surface area contributed by atoms with Crippen LogP contribution in [0.5, 0.6) is 0 Å². The van der Waals surface area contributed by atoms with Crippen LogP contribution < -0.4 is 9.80 Å². The van der Waals surface area contributed by atoms with E-state index in [2.05, 4.69) is 341 Å². The second-order valence-electron chi connectivity index (χ2n) is 25.2. The molecule has 0 amide bonds. The maximum Gasteiger partial charge on any atom is 0.137 e. The molecule has 4 heteroatoms. The Labute approximate surface area is 535 Å². The largest absolute Gasteiger partial charge is 0.456 e. The molecule has 0 saturated heterocycles. The van der Waals surface area contributed by atoms with E-state index in [1.54, 1.807) is 0 Å². The summed E-state index contributed by atoms with van der Waals surface area (Å²) in [5.41, 5.74) is 28.6. The SMILES string of the molecule is Cc1cccc(C)c1N(c1cccc(C2(c3ccccc3)c3ccccc3-c3ccccc32)c1)c1ccc2c(c1)oc1ccc3c(ccc4oc5cc(N(c6cccc(C7(c8ccccc8)c8ccccc8-c8ccccc87)c6)c6c(C)cccc6C)ccc5c43)c12. The van der Waals surface area contributed by atoms with Gasteiger partial charge in [0.1, 0.15) is 22.3 Å². The van der Waals surface area contributed by atoms with Gasteiger partial charge >= 0.3 is 0 Å². The van der Waals surface area contributed by atoms with Crippen molar-refractivity contribution in [2.45, 2.75) is 38.5 Å². The Morgan fingerprint density at radius 1 is 0.239 bits per heavy atom. The molecule has 0 N–H and O–H groups in total. The molecule has 2 aliphatic carbocycles. The fourth-order valence-electron chi connectivity index (χ4n) is 16.5. The molecule has 2 heterocycles. The molecule has 18 rings (SSSR count). The summed E-state index contributed by atoms with van der Waals surface area (Å²) in [6.45, 7) is 8.88. The van der Waals surface area contributed by atoms with Crippen molar-refractivity contribution >= 4 is 88.8 Å². The molecule has 436 valence electrons. The first-order valence-corrected chi connectivity index (χ1v) is 32.0. The highest BCUT2D eigenvalue weighted by Crippen LogP contribution is 2.59. The van der Waals surface area contributed by atoms with Crippen LogP contribution in [0, 0.1) is 27.7 Å². The van der Waals surface area contributed by atoms with E-state index in [0.29, 0.717) is 0 Å². The summed E-state index contributed by atoms with van der Waals surface area (Å²) in [5.74, 6) is 0. The fraction of sp³-hybridized carbons (Fsp3) is 0.0682. The van der Waals surface area contributed by atoms with Crippen LogP contribution in [0.3, 0.4) is 0 Å².